The van der Waals surface area contributed by atoms with Gasteiger partial charge in [0.15, 0.2) is 0 Å². The SMILES string of the molecule is NC1(C(F)(F)c2ccc(O)cc2)CCCCC1. The van der Waals surface area contributed by atoms with Crippen LogP contribution in [0.25, 0.3) is 0 Å². The van der Waals surface area contributed by atoms with E-state index in [0.717, 1.165) is 19.3 Å². The first-order valence-electron chi connectivity index (χ1n) is 5.92. The Balaban J connectivity index is 2.30. The summed E-state index contributed by atoms with van der Waals surface area (Å²) < 4.78 is 28.7. The Kier molecular flexibility index (Phi) is 3.08. The third-order valence-corrected chi connectivity index (χ3v) is 3.60. The van der Waals surface area contributed by atoms with Crippen LogP contribution >= 0.6 is 0 Å². The Morgan fingerprint density at radius 2 is 1.59 bits per heavy atom. The molecular formula is C13H17F2NO. The molecule has 0 radical (unpaired) electrons. The van der Waals surface area contributed by atoms with Crippen LogP contribution < -0.4 is 5.73 Å². The molecule has 0 saturated heterocycles. The molecule has 1 aliphatic rings. The summed E-state index contributed by atoms with van der Waals surface area (Å²) in [6, 6.07) is 5.04. The number of hydrogen-bond acceptors (Lipinski definition) is 2. The molecule has 0 bridgehead atoms. The number of nitrogens with two attached hydrogens (primary N) is 1. The van der Waals surface area contributed by atoms with Gasteiger partial charge in [-0.3, -0.25) is 0 Å². The molecule has 0 spiro atoms. The van der Waals surface area contributed by atoms with E-state index in [2.05, 4.69) is 0 Å². The van der Waals surface area contributed by atoms with E-state index >= 15 is 0 Å². The first-order valence-corrected chi connectivity index (χ1v) is 5.92. The second kappa shape index (κ2) is 4.26. The summed E-state index contributed by atoms with van der Waals surface area (Å²) in [7, 11) is 0. The molecule has 0 aliphatic heterocycles. The molecule has 4 heteroatoms. The fourth-order valence-electron chi connectivity index (χ4n) is 2.45. The maximum atomic E-state index is 14.4. The zero-order chi connectivity index (χ0) is 12.5. The molecule has 1 aromatic rings. The largest absolute Gasteiger partial charge is 0.508 e. The first kappa shape index (κ1) is 12.3. The number of rotatable bonds is 2. The third-order valence-electron chi connectivity index (χ3n) is 3.60. The molecule has 17 heavy (non-hydrogen) atoms. The predicted molar refractivity (Wildman–Crippen MR) is 62.0 cm³/mol. The summed E-state index contributed by atoms with van der Waals surface area (Å²) in [4.78, 5) is 0. The Labute approximate surface area is 99.4 Å². The lowest BCUT2D eigenvalue weighted by atomic mass is 9.75. The highest BCUT2D eigenvalue weighted by Gasteiger charge is 2.51. The van der Waals surface area contributed by atoms with Crippen LogP contribution in [0.1, 0.15) is 37.7 Å². The number of aromatic hydroxyl groups is 1. The van der Waals surface area contributed by atoms with Crippen LogP contribution in [-0.2, 0) is 5.92 Å². The summed E-state index contributed by atoms with van der Waals surface area (Å²) in [6.45, 7) is 0. The standard InChI is InChI=1S/C13H17F2NO/c14-13(15,10-4-6-11(17)7-5-10)12(16)8-2-1-3-9-12/h4-7,17H,1-3,8-9,16H2. The second-order valence-corrected chi connectivity index (χ2v) is 4.84. The number of hydrogen-bond donors (Lipinski definition) is 2. The molecule has 3 N–H and O–H groups in total. The van der Waals surface area contributed by atoms with E-state index in [4.69, 9.17) is 10.8 Å². The van der Waals surface area contributed by atoms with Crippen molar-refractivity contribution in [3.8, 4) is 5.75 Å². The number of phenolic OH excluding ortho intramolecular Hbond substituents is 1. The summed E-state index contributed by atoms with van der Waals surface area (Å²) >= 11 is 0. The molecule has 0 aromatic heterocycles. The fraction of sp³-hybridized carbons (Fsp3) is 0.538. The topological polar surface area (TPSA) is 46.2 Å². The van der Waals surface area contributed by atoms with E-state index < -0.39 is 11.5 Å². The Morgan fingerprint density at radius 3 is 2.12 bits per heavy atom. The zero-order valence-corrected chi connectivity index (χ0v) is 9.63. The molecule has 2 nitrogen and oxygen atoms in total. The smallest absolute Gasteiger partial charge is 0.290 e. The molecule has 2 rings (SSSR count). The van der Waals surface area contributed by atoms with Crippen molar-refractivity contribution in [2.24, 2.45) is 5.73 Å². The van der Waals surface area contributed by atoms with Crippen LogP contribution in [0.3, 0.4) is 0 Å². The Morgan fingerprint density at radius 1 is 1.06 bits per heavy atom. The predicted octanol–water partition coefficient (Wildman–Crippen LogP) is 3.15. The maximum absolute atomic E-state index is 14.4. The van der Waals surface area contributed by atoms with Gasteiger partial charge in [-0.1, -0.05) is 19.3 Å². The van der Waals surface area contributed by atoms with Crippen LogP contribution in [0.5, 0.6) is 5.75 Å². The highest BCUT2D eigenvalue weighted by Crippen LogP contribution is 2.45. The van der Waals surface area contributed by atoms with Crippen molar-refractivity contribution in [3.05, 3.63) is 29.8 Å². The highest BCUT2D eigenvalue weighted by atomic mass is 19.3. The molecular weight excluding hydrogens is 224 g/mol. The summed E-state index contributed by atoms with van der Waals surface area (Å²) in [5, 5.41) is 9.12. The lowest BCUT2D eigenvalue weighted by molar-refractivity contribution is -0.0954. The van der Waals surface area contributed by atoms with E-state index in [0.29, 0.717) is 12.8 Å². The quantitative estimate of drug-likeness (QED) is 0.835. The second-order valence-electron chi connectivity index (χ2n) is 4.84. The van der Waals surface area contributed by atoms with Crippen molar-refractivity contribution in [1.29, 1.82) is 0 Å². The van der Waals surface area contributed by atoms with Crippen LogP contribution in [0.2, 0.25) is 0 Å². The monoisotopic (exact) mass is 241 g/mol. The average Bonchev–Trinajstić information content (AvgIpc) is 2.30. The van der Waals surface area contributed by atoms with Crippen molar-refractivity contribution < 1.29 is 13.9 Å². The lowest BCUT2D eigenvalue weighted by Gasteiger charge is -2.40. The molecule has 0 unspecified atom stereocenters. The van der Waals surface area contributed by atoms with Crippen molar-refractivity contribution in [3.63, 3.8) is 0 Å². The number of phenols is 1. The van der Waals surface area contributed by atoms with Crippen LogP contribution in [0.15, 0.2) is 24.3 Å². The molecule has 0 amide bonds. The van der Waals surface area contributed by atoms with E-state index in [-0.39, 0.29) is 11.3 Å². The van der Waals surface area contributed by atoms with Gasteiger partial charge in [-0.15, -0.1) is 0 Å². The maximum Gasteiger partial charge on any atom is 0.290 e. The minimum atomic E-state index is -3.04. The fourth-order valence-corrected chi connectivity index (χ4v) is 2.45. The highest BCUT2D eigenvalue weighted by molar-refractivity contribution is 5.31. The number of halogens is 2. The van der Waals surface area contributed by atoms with Crippen molar-refractivity contribution in [2.75, 3.05) is 0 Å². The van der Waals surface area contributed by atoms with Gasteiger partial charge in [0, 0.05) is 5.56 Å². The van der Waals surface area contributed by atoms with Crippen molar-refractivity contribution in [1.82, 2.24) is 0 Å². The van der Waals surface area contributed by atoms with Crippen LogP contribution in [0, 0.1) is 0 Å². The van der Waals surface area contributed by atoms with Gasteiger partial charge in [-0.25, -0.2) is 0 Å². The third kappa shape index (κ3) is 2.14. The van der Waals surface area contributed by atoms with Gasteiger partial charge < -0.3 is 10.8 Å². The zero-order valence-electron chi connectivity index (χ0n) is 9.63. The molecule has 1 aromatic carbocycles. The van der Waals surface area contributed by atoms with E-state index in [1.165, 1.54) is 24.3 Å². The number of benzene rings is 1. The van der Waals surface area contributed by atoms with Crippen LogP contribution in [0.4, 0.5) is 8.78 Å². The molecule has 1 fully saturated rings. The first-order chi connectivity index (χ1) is 7.96. The number of alkyl halides is 2. The minimum absolute atomic E-state index is 0.0146. The summed E-state index contributed by atoms with van der Waals surface area (Å²) in [5.74, 6) is -3.06. The van der Waals surface area contributed by atoms with Gasteiger partial charge in [0.2, 0.25) is 0 Å². The molecule has 1 aliphatic carbocycles. The molecule has 0 atom stereocenters. The van der Waals surface area contributed by atoms with Crippen molar-refractivity contribution >= 4 is 0 Å². The summed E-state index contributed by atoms with van der Waals surface area (Å²) in [6.07, 6.45) is 3.18. The van der Waals surface area contributed by atoms with Gasteiger partial charge >= 0.3 is 0 Å². The minimum Gasteiger partial charge on any atom is -0.508 e. The Hall–Kier alpha value is -1.16. The van der Waals surface area contributed by atoms with E-state index in [9.17, 15) is 8.78 Å². The normalized spacial score (nSPS) is 20.2. The van der Waals surface area contributed by atoms with Gasteiger partial charge in [-0.2, -0.15) is 8.78 Å². The summed E-state index contributed by atoms with van der Waals surface area (Å²) in [5.41, 5.74) is 4.34. The van der Waals surface area contributed by atoms with Crippen molar-refractivity contribution in [2.45, 2.75) is 43.6 Å². The van der Waals surface area contributed by atoms with Gasteiger partial charge in [0.05, 0.1) is 5.54 Å². The lowest BCUT2D eigenvalue weighted by Crippen LogP contribution is -2.54. The average molecular weight is 241 g/mol. The van der Waals surface area contributed by atoms with E-state index in [1.54, 1.807) is 0 Å². The van der Waals surface area contributed by atoms with Gasteiger partial charge in [0.25, 0.3) is 5.92 Å². The molecule has 1 saturated carbocycles. The van der Waals surface area contributed by atoms with E-state index in [1.807, 2.05) is 0 Å². The molecule has 94 valence electrons. The van der Waals surface area contributed by atoms with Crippen LogP contribution in [-0.4, -0.2) is 10.6 Å². The van der Waals surface area contributed by atoms with Gasteiger partial charge in [-0.05, 0) is 37.1 Å². The Bertz CT molecular complexity index is 383. The molecule has 0 heterocycles. The van der Waals surface area contributed by atoms with Gasteiger partial charge in [0.1, 0.15) is 5.75 Å².